The minimum atomic E-state index is -3.67. The van der Waals surface area contributed by atoms with E-state index in [9.17, 15) is 32.4 Å². The number of piperidine rings is 1. The van der Waals surface area contributed by atoms with Crippen LogP contribution in [-0.2, 0) is 33.8 Å². The number of Topliss-reactive ketones (excluding diaryl/α,β-unsaturated/α-hetero) is 1. The number of fused-ring (bicyclic) bond motifs is 1. The lowest BCUT2D eigenvalue weighted by atomic mass is 9.85. The predicted molar refractivity (Wildman–Crippen MR) is 172 cm³/mol. The molecule has 1 aliphatic carbocycles. The maximum Gasteiger partial charge on any atom is 0.408 e. The zero-order chi connectivity index (χ0) is 34.8. The van der Waals surface area contributed by atoms with Gasteiger partial charge in [-0.25, -0.2) is 13.2 Å². The molecule has 3 unspecified atom stereocenters. The van der Waals surface area contributed by atoms with Crippen LogP contribution in [0, 0.1) is 22.7 Å². The first kappa shape index (κ1) is 37.0. The highest BCUT2D eigenvalue weighted by Gasteiger charge is 2.70. The predicted octanol–water partition coefficient (Wildman–Crippen LogP) is 2.85. The summed E-state index contributed by atoms with van der Waals surface area (Å²) < 4.78 is 30.5. The molecule has 1 aromatic rings. The number of ether oxygens (including phenoxy) is 1. The maximum absolute atomic E-state index is 14.0. The van der Waals surface area contributed by atoms with Gasteiger partial charge in [-0.05, 0) is 62.0 Å². The molecule has 1 saturated carbocycles. The van der Waals surface area contributed by atoms with Gasteiger partial charge < -0.3 is 25.6 Å². The van der Waals surface area contributed by atoms with Crippen molar-refractivity contribution in [2.45, 2.75) is 104 Å². The topological polar surface area (TPSA) is 168 Å². The van der Waals surface area contributed by atoms with Crippen LogP contribution in [0.1, 0.15) is 75.2 Å². The monoisotopic (exact) mass is 662 g/mol. The van der Waals surface area contributed by atoms with Gasteiger partial charge in [0, 0.05) is 13.1 Å². The fourth-order valence-electron chi connectivity index (χ4n) is 6.16. The highest BCUT2D eigenvalue weighted by Crippen LogP contribution is 2.65. The zero-order valence-electron chi connectivity index (χ0n) is 28.4. The lowest BCUT2D eigenvalue weighted by Gasteiger charge is -2.38. The summed E-state index contributed by atoms with van der Waals surface area (Å²) >= 11 is 0. The van der Waals surface area contributed by atoms with Crippen LogP contribution >= 0.6 is 0 Å². The molecule has 0 spiro atoms. The second-order valence-electron chi connectivity index (χ2n) is 14.9. The van der Waals surface area contributed by atoms with E-state index >= 15 is 0 Å². The molecule has 1 aliphatic heterocycles. The molecule has 256 valence electrons. The molecule has 2 aliphatic rings. The zero-order valence-corrected chi connectivity index (χ0v) is 29.2. The summed E-state index contributed by atoms with van der Waals surface area (Å²) in [7, 11) is -3.67. The number of carbonyl (C=O) groups excluding carboxylic acids is 5. The van der Waals surface area contributed by atoms with Crippen molar-refractivity contribution in [2.24, 2.45) is 22.7 Å². The SMILES string of the molecule is CCC[C@@H](NC(=O)[C@@H]1C2C(CN1C(=O)C(NC(=O)OC(C)(C)C)C(C)(C)C)C2(C)C)C(=O)C(=O)NCCS(=O)(=O)c1ccccc1. The number of ketones is 1. The normalized spacial score (nSPS) is 21.8. The molecule has 4 amide bonds. The van der Waals surface area contributed by atoms with E-state index in [1.54, 1.807) is 45.9 Å². The second-order valence-corrected chi connectivity index (χ2v) is 17.0. The lowest BCUT2D eigenvalue weighted by molar-refractivity contribution is -0.145. The molecule has 3 N–H and O–H groups in total. The van der Waals surface area contributed by atoms with E-state index in [2.05, 4.69) is 16.0 Å². The van der Waals surface area contributed by atoms with E-state index in [0.717, 1.165) is 0 Å². The van der Waals surface area contributed by atoms with E-state index in [1.807, 2.05) is 34.6 Å². The quantitative estimate of drug-likeness (QED) is 0.287. The molecule has 2 fully saturated rings. The van der Waals surface area contributed by atoms with Crippen LogP contribution in [0.15, 0.2) is 35.2 Å². The van der Waals surface area contributed by atoms with Crippen LogP contribution < -0.4 is 16.0 Å². The van der Waals surface area contributed by atoms with Crippen LogP contribution in [-0.4, -0.2) is 85.5 Å². The number of likely N-dealkylation sites (tertiary alicyclic amines) is 1. The van der Waals surface area contributed by atoms with Gasteiger partial charge in [0.05, 0.1) is 16.7 Å². The Labute approximate surface area is 272 Å². The fourth-order valence-corrected chi connectivity index (χ4v) is 7.34. The van der Waals surface area contributed by atoms with Gasteiger partial charge in [-0.2, -0.15) is 0 Å². The Bertz CT molecular complexity index is 1430. The third-order valence-corrected chi connectivity index (χ3v) is 10.5. The third-order valence-electron chi connectivity index (χ3n) is 8.73. The minimum Gasteiger partial charge on any atom is -0.444 e. The van der Waals surface area contributed by atoms with Gasteiger partial charge >= 0.3 is 6.09 Å². The average Bonchev–Trinajstić information content (AvgIpc) is 3.26. The first-order valence-electron chi connectivity index (χ1n) is 15.8. The summed E-state index contributed by atoms with van der Waals surface area (Å²) in [5.74, 6) is -3.41. The van der Waals surface area contributed by atoms with Crippen LogP contribution in [0.5, 0.6) is 0 Å². The molecular formula is C33H50N4O8S. The van der Waals surface area contributed by atoms with Gasteiger partial charge in [0.1, 0.15) is 17.7 Å². The highest BCUT2D eigenvalue weighted by molar-refractivity contribution is 7.91. The summed E-state index contributed by atoms with van der Waals surface area (Å²) in [6.45, 7) is 16.5. The first-order valence-corrected chi connectivity index (χ1v) is 17.5. The van der Waals surface area contributed by atoms with Crippen molar-refractivity contribution in [1.29, 1.82) is 0 Å². The van der Waals surface area contributed by atoms with Gasteiger partial charge in [0.2, 0.25) is 17.6 Å². The molecule has 1 saturated heterocycles. The molecule has 1 aromatic carbocycles. The van der Waals surface area contributed by atoms with Crippen LogP contribution in [0.2, 0.25) is 0 Å². The highest BCUT2D eigenvalue weighted by atomic mass is 32.2. The van der Waals surface area contributed by atoms with Crippen LogP contribution in [0.4, 0.5) is 4.79 Å². The van der Waals surface area contributed by atoms with Crippen LogP contribution in [0.25, 0.3) is 0 Å². The number of rotatable bonds is 12. The van der Waals surface area contributed by atoms with Crippen molar-refractivity contribution in [3.05, 3.63) is 30.3 Å². The first-order chi connectivity index (χ1) is 21.1. The number of nitrogens with zero attached hydrogens (tertiary/aromatic N) is 1. The molecule has 0 radical (unpaired) electrons. The van der Waals surface area contributed by atoms with Crippen molar-refractivity contribution in [1.82, 2.24) is 20.9 Å². The number of benzene rings is 1. The molecule has 0 bridgehead atoms. The summed E-state index contributed by atoms with van der Waals surface area (Å²) in [4.78, 5) is 68.2. The number of hydrogen-bond donors (Lipinski definition) is 3. The average molecular weight is 663 g/mol. The van der Waals surface area contributed by atoms with Crippen molar-refractivity contribution in [2.75, 3.05) is 18.8 Å². The Balaban J connectivity index is 1.74. The molecule has 0 aromatic heterocycles. The van der Waals surface area contributed by atoms with Gasteiger partial charge in [-0.15, -0.1) is 0 Å². The number of alkyl carbamates (subject to hydrolysis) is 1. The number of sulfone groups is 1. The summed E-state index contributed by atoms with van der Waals surface area (Å²) in [5, 5.41) is 7.81. The van der Waals surface area contributed by atoms with Crippen molar-refractivity contribution >= 4 is 39.4 Å². The Morgan fingerprint density at radius 1 is 1.00 bits per heavy atom. The minimum absolute atomic E-state index is 0.0459. The van der Waals surface area contributed by atoms with Gasteiger partial charge in [0.15, 0.2) is 9.84 Å². The maximum atomic E-state index is 14.0. The number of amides is 4. The Kier molecular flexibility index (Phi) is 11.0. The summed E-state index contributed by atoms with van der Waals surface area (Å²) in [5.41, 5.74) is -1.72. The largest absolute Gasteiger partial charge is 0.444 e. The molecule has 1 heterocycles. The Morgan fingerprint density at radius 2 is 1.61 bits per heavy atom. The van der Waals surface area contributed by atoms with E-state index < -0.39 is 74.3 Å². The Morgan fingerprint density at radius 3 is 2.15 bits per heavy atom. The number of hydrogen-bond acceptors (Lipinski definition) is 8. The molecule has 5 atom stereocenters. The van der Waals surface area contributed by atoms with E-state index in [4.69, 9.17) is 4.74 Å². The van der Waals surface area contributed by atoms with Gasteiger partial charge in [-0.1, -0.05) is 66.2 Å². The third kappa shape index (κ3) is 8.65. The van der Waals surface area contributed by atoms with E-state index in [0.29, 0.717) is 13.0 Å². The van der Waals surface area contributed by atoms with Gasteiger partial charge in [0.25, 0.3) is 5.91 Å². The molecule has 3 rings (SSSR count). The van der Waals surface area contributed by atoms with E-state index in [1.165, 1.54) is 17.0 Å². The van der Waals surface area contributed by atoms with Crippen molar-refractivity contribution in [3.63, 3.8) is 0 Å². The second kappa shape index (κ2) is 13.7. The van der Waals surface area contributed by atoms with Crippen LogP contribution in [0.3, 0.4) is 0 Å². The summed E-state index contributed by atoms with van der Waals surface area (Å²) in [6.07, 6.45) is -0.102. The lowest BCUT2D eigenvalue weighted by Crippen LogP contribution is -2.60. The molecule has 12 nitrogen and oxygen atoms in total. The molecule has 46 heavy (non-hydrogen) atoms. The van der Waals surface area contributed by atoms with Crippen molar-refractivity contribution < 1.29 is 37.1 Å². The fraction of sp³-hybridized carbons (Fsp3) is 0.667. The molecule has 13 heteroatoms. The Hall–Kier alpha value is -3.48. The molecular weight excluding hydrogens is 612 g/mol. The standard InChI is InChI=1S/C33H50N4O8S/c1-10-14-22(25(38)28(40)34-17-18-46(43,44)20-15-12-11-13-16-20)35-27(39)24-23-21(33(23,8)9)19-37(24)29(41)26(31(2,3)4)36-30(42)45-32(5,6)7/h11-13,15-16,21-24,26H,10,14,17-19H2,1-9H3,(H,34,40)(H,35,39)(H,36,42)/t21?,22-,23?,24+,26?/m1/s1. The summed E-state index contributed by atoms with van der Waals surface area (Å²) in [6, 6.07) is 4.71. The van der Waals surface area contributed by atoms with Crippen molar-refractivity contribution in [3.8, 4) is 0 Å². The number of carbonyl (C=O) groups is 5. The van der Waals surface area contributed by atoms with Gasteiger partial charge in [-0.3, -0.25) is 19.2 Å². The number of nitrogens with one attached hydrogen (secondary N) is 3. The smallest absolute Gasteiger partial charge is 0.408 e. The van der Waals surface area contributed by atoms with E-state index in [-0.39, 0.29) is 35.1 Å².